The van der Waals surface area contributed by atoms with Crippen LogP contribution in [0, 0.1) is 5.82 Å². The predicted octanol–water partition coefficient (Wildman–Crippen LogP) is 3.53. The first-order chi connectivity index (χ1) is 9.61. The molecule has 0 unspecified atom stereocenters. The number of nitrogens with one attached hydrogen (secondary N) is 1. The molecule has 2 aromatic carbocycles. The van der Waals surface area contributed by atoms with Crippen molar-refractivity contribution in [3.8, 4) is 17.2 Å². The number of hydrogen-bond donors (Lipinski definition) is 2. The first-order valence-corrected chi connectivity index (χ1v) is 6.31. The average molecular weight is 296 g/mol. The zero-order chi connectivity index (χ0) is 14.1. The Morgan fingerprint density at radius 2 is 1.90 bits per heavy atom. The van der Waals surface area contributed by atoms with Gasteiger partial charge in [0, 0.05) is 24.7 Å². The first-order valence-electron chi connectivity index (χ1n) is 5.93. The summed E-state index contributed by atoms with van der Waals surface area (Å²) in [5, 5.41) is 12.9. The van der Waals surface area contributed by atoms with E-state index in [1.165, 1.54) is 12.1 Å². The molecule has 3 rings (SSSR count). The summed E-state index contributed by atoms with van der Waals surface area (Å²) in [5.41, 5.74) is 1.26. The molecule has 0 aliphatic carbocycles. The number of benzene rings is 2. The molecule has 2 N–H and O–H groups in total. The number of anilines is 1. The van der Waals surface area contributed by atoms with Gasteiger partial charge < -0.3 is 19.9 Å². The van der Waals surface area contributed by atoms with Crippen molar-refractivity contribution in [1.29, 1.82) is 0 Å². The highest BCUT2D eigenvalue weighted by molar-refractivity contribution is 6.33. The van der Waals surface area contributed by atoms with E-state index in [0.29, 0.717) is 34.3 Å². The molecular weight excluding hydrogens is 285 g/mol. The van der Waals surface area contributed by atoms with Gasteiger partial charge in [-0.3, -0.25) is 0 Å². The number of phenols is 1. The number of rotatable bonds is 3. The number of hydrogen-bond acceptors (Lipinski definition) is 4. The van der Waals surface area contributed by atoms with Crippen molar-refractivity contribution >= 4 is 17.3 Å². The van der Waals surface area contributed by atoms with E-state index in [2.05, 4.69) is 5.32 Å². The van der Waals surface area contributed by atoms with Gasteiger partial charge in [0.05, 0.1) is 10.7 Å². The van der Waals surface area contributed by atoms with E-state index < -0.39 is 5.82 Å². The first kappa shape index (κ1) is 12.9. The van der Waals surface area contributed by atoms with Gasteiger partial charge in [-0.15, -0.1) is 0 Å². The van der Waals surface area contributed by atoms with Crippen molar-refractivity contribution in [2.24, 2.45) is 0 Å². The number of ether oxygens (including phenoxy) is 2. The molecule has 2 aromatic rings. The third-order valence-corrected chi connectivity index (χ3v) is 3.20. The minimum absolute atomic E-state index is 0.112. The number of phenolic OH excluding ortho intramolecular Hbond substituents is 1. The smallest absolute Gasteiger partial charge is 0.231 e. The number of fused-ring (bicyclic) bond motifs is 1. The molecular formula is C14H11ClFNO3. The third-order valence-electron chi connectivity index (χ3n) is 2.89. The van der Waals surface area contributed by atoms with Crippen molar-refractivity contribution < 1.29 is 19.0 Å². The molecule has 0 spiro atoms. The second-order valence-corrected chi connectivity index (χ2v) is 4.76. The maximum absolute atomic E-state index is 13.2. The highest BCUT2D eigenvalue weighted by Crippen LogP contribution is 2.39. The van der Waals surface area contributed by atoms with E-state index in [1.807, 2.05) is 0 Å². The lowest BCUT2D eigenvalue weighted by atomic mass is 10.2. The van der Waals surface area contributed by atoms with E-state index in [9.17, 15) is 9.50 Å². The Morgan fingerprint density at radius 1 is 1.15 bits per heavy atom. The van der Waals surface area contributed by atoms with Crippen molar-refractivity contribution in [3.63, 3.8) is 0 Å². The van der Waals surface area contributed by atoms with Crippen LogP contribution in [0.5, 0.6) is 17.2 Å². The predicted molar refractivity (Wildman–Crippen MR) is 73.0 cm³/mol. The SMILES string of the molecule is Oc1cc(F)cc(CNc2cc3c(cc2Cl)OCO3)c1. The van der Waals surface area contributed by atoms with Gasteiger partial charge in [-0.2, -0.15) is 0 Å². The molecule has 0 atom stereocenters. The number of aromatic hydroxyl groups is 1. The lowest BCUT2D eigenvalue weighted by Crippen LogP contribution is -2.00. The van der Waals surface area contributed by atoms with Crippen LogP contribution in [0.2, 0.25) is 5.02 Å². The summed E-state index contributed by atoms with van der Waals surface area (Å²) in [6.07, 6.45) is 0. The molecule has 1 aliphatic heterocycles. The van der Waals surface area contributed by atoms with Crippen molar-refractivity contribution in [3.05, 3.63) is 46.7 Å². The van der Waals surface area contributed by atoms with E-state index in [4.69, 9.17) is 21.1 Å². The molecule has 20 heavy (non-hydrogen) atoms. The highest BCUT2D eigenvalue weighted by atomic mass is 35.5. The second-order valence-electron chi connectivity index (χ2n) is 4.36. The van der Waals surface area contributed by atoms with E-state index >= 15 is 0 Å². The van der Waals surface area contributed by atoms with Crippen LogP contribution in [0.4, 0.5) is 10.1 Å². The van der Waals surface area contributed by atoms with Gasteiger partial charge in [0.2, 0.25) is 6.79 Å². The Morgan fingerprint density at radius 3 is 2.65 bits per heavy atom. The summed E-state index contributed by atoms with van der Waals surface area (Å²) in [5.74, 6) is 0.611. The topological polar surface area (TPSA) is 50.7 Å². The van der Waals surface area contributed by atoms with E-state index in [0.717, 1.165) is 6.07 Å². The third kappa shape index (κ3) is 2.58. The molecule has 1 heterocycles. The maximum Gasteiger partial charge on any atom is 0.231 e. The van der Waals surface area contributed by atoms with Crippen LogP contribution in [0.3, 0.4) is 0 Å². The molecule has 0 saturated heterocycles. The van der Waals surface area contributed by atoms with Crippen LogP contribution < -0.4 is 14.8 Å². The van der Waals surface area contributed by atoms with Gasteiger partial charge in [-0.05, 0) is 17.7 Å². The van der Waals surface area contributed by atoms with Crippen LogP contribution in [-0.4, -0.2) is 11.9 Å². The molecule has 0 bridgehead atoms. The van der Waals surface area contributed by atoms with Crippen LogP contribution >= 0.6 is 11.6 Å². The van der Waals surface area contributed by atoms with Gasteiger partial charge in [-0.1, -0.05) is 11.6 Å². The molecule has 0 radical (unpaired) electrons. The van der Waals surface area contributed by atoms with Crippen LogP contribution in [0.25, 0.3) is 0 Å². The molecule has 0 saturated carbocycles. The molecule has 6 heteroatoms. The fourth-order valence-corrected chi connectivity index (χ4v) is 2.21. The lowest BCUT2D eigenvalue weighted by Gasteiger charge is -2.10. The Kier molecular flexibility index (Phi) is 3.28. The van der Waals surface area contributed by atoms with Gasteiger partial charge in [0.25, 0.3) is 0 Å². The van der Waals surface area contributed by atoms with Crippen LogP contribution in [-0.2, 0) is 6.54 Å². The second kappa shape index (κ2) is 5.09. The fraction of sp³-hybridized carbons (Fsp3) is 0.143. The summed E-state index contributed by atoms with van der Waals surface area (Å²) in [6.45, 7) is 0.498. The molecule has 104 valence electrons. The van der Waals surface area contributed by atoms with E-state index in [1.54, 1.807) is 12.1 Å². The Bertz CT molecular complexity index is 643. The summed E-state index contributed by atoms with van der Waals surface area (Å²) in [4.78, 5) is 0. The number of halogens is 2. The zero-order valence-electron chi connectivity index (χ0n) is 10.3. The minimum atomic E-state index is -0.487. The average Bonchev–Trinajstić information content (AvgIpc) is 2.81. The monoisotopic (exact) mass is 295 g/mol. The zero-order valence-corrected chi connectivity index (χ0v) is 11.1. The van der Waals surface area contributed by atoms with Gasteiger partial charge in [0.1, 0.15) is 11.6 Å². The largest absolute Gasteiger partial charge is 0.508 e. The molecule has 4 nitrogen and oxygen atoms in total. The standard InChI is InChI=1S/C14H11ClFNO3/c15-11-4-13-14(20-7-19-13)5-12(11)17-6-8-1-9(16)3-10(18)2-8/h1-5,17-18H,6-7H2. The molecule has 0 fully saturated rings. The van der Waals surface area contributed by atoms with Gasteiger partial charge >= 0.3 is 0 Å². The molecule has 0 amide bonds. The summed E-state index contributed by atoms with van der Waals surface area (Å²) < 4.78 is 23.6. The van der Waals surface area contributed by atoms with Crippen molar-refractivity contribution in [2.75, 3.05) is 12.1 Å². The Hall–Kier alpha value is -2.14. The summed E-state index contributed by atoms with van der Waals surface area (Å²) in [6, 6.07) is 7.26. The van der Waals surface area contributed by atoms with E-state index in [-0.39, 0.29) is 12.5 Å². The summed E-state index contributed by atoms with van der Waals surface area (Å²) >= 11 is 6.12. The minimum Gasteiger partial charge on any atom is -0.508 e. The fourth-order valence-electron chi connectivity index (χ4n) is 1.99. The van der Waals surface area contributed by atoms with Crippen LogP contribution in [0.1, 0.15) is 5.56 Å². The van der Waals surface area contributed by atoms with Crippen molar-refractivity contribution in [2.45, 2.75) is 6.54 Å². The van der Waals surface area contributed by atoms with Crippen LogP contribution in [0.15, 0.2) is 30.3 Å². The molecule has 1 aliphatic rings. The molecule has 0 aromatic heterocycles. The normalized spacial score (nSPS) is 12.5. The quantitative estimate of drug-likeness (QED) is 0.909. The maximum atomic E-state index is 13.2. The Labute approximate surface area is 119 Å². The van der Waals surface area contributed by atoms with Crippen molar-refractivity contribution in [1.82, 2.24) is 0 Å². The van der Waals surface area contributed by atoms with Gasteiger partial charge in [0.15, 0.2) is 11.5 Å². The highest BCUT2D eigenvalue weighted by Gasteiger charge is 2.16. The lowest BCUT2D eigenvalue weighted by molar-refractivity contribution is 0.174. The summed E-state index contributed by atoms with van der Waals surface area (Å²) in [7, 11) is 0. The Balaban J connectivity index is 1.78. The van der Waals surface area contributed by atoms with Gasteiger partial charge in [-0.25, -0.2) is 4.39 Å².